The van der Waals surface area contributed by atoms with Crippen LogP contribution in [0.4, 0.5) is 0 Å². The summed E-state index contributed by atoms with van der Waals surface area (Å²) in [5.41, 5.74) is 0. The Bertz CT molecular complexity index is 278. The fourth-order valence-electron chi connectivity index (χ4n) is 0.763. The van der Waals surface area contributed by atoms with E-state index in [9.17, 15) is 0 Å². The van der Waals surface area contributed by atoms with E-state index in [0.717, 1.165) is 0 Å². The second kappa shape index (κ2) is 3.13. The summed E-state index contributed by atoms with van der Waals surface area (Å²) in [4.78, 5) is 3.88. The van der Waals surface area contributed by atoms with Crippen molar-refractivity contribution in [2.24, 2.45) is 0 Å². The van der Waals surface area contributed by atoms with E-state index < -0.39 is 0 Å². The maximum absolute atomic E-state index is 5.18. The van der Waals surface area contributed by atoms with Gasteiger partial charge in [-0.25, -0.2) is 4.98 Å². The van der Waals surface area contributed by atoms with Gasteiger partial charge in [-0.05, 0) is 0 Å². The van der Waals surface area contributed by atoms with E-state index in [2.05, 4.69) is 15.7 Å². The van der Waals surface area contributed by atoms with Gasteiger partial charge in [-0.2, -0.15) is 0 Å². The lowest BCUT2D eigenvalue weighted by atomic mass is 10.6. The van der Waals surface area contributed by atoms with E-state index in [1.807, 2.05) is 0 Å². The topological polar surface area (TPSA) is 48.4 Å². The molecule has 0 fully saturated rings. The Labute approximate surface area is 68.8 Å². The van der Waals surface area contributed by atoms with Crippen LogP contribution in [0.3, 0.4) is 0 Å². The van der Waals surface area contributed by atoms with Crippen LogP contribution < -0.4 is 4.74 Å². The van der Waals surface area contributed by atoms with Crippen LogP contribution in [0.2, 0.25) is 0 Å². The zero-order chi connectivity index (χ0) is 8.23. The molecule has 61 valence electrons. The van der Waals surface area contributed by atoms with Crippen molar-refractivity contribution in [3.05, 3.63) is 36.9 Å². The molecule has 2 aromatic rings. The minimum atomic E-state index is 0.295. The van der Waals surface area contributed by atoms with Gasteiger partial charge in [-0.1, -0.05) is 0 Å². The molecule has 0 bridgehead atoms. The molecule has 0 saturated carbocycles. The molecule has 4 heteroatoms. The molecule has 2 heterocycles. The standard InChI is InChI=1S/C8H6NO3/c1-3-10-5-7(1)12-6-8-9-2-4-11-8/h1-4H,6H2. The molecule has 0 N–H and O–H groups in total. The zero-order valence-corrected chi connectivity index (χ0v) is 6.19. The molecule has 0 aliphatic rings. The second-order valence-electron chi connectivity index (χ2n) is 2.10. The molecule has 1 radical (unpaired) electrons. The Kier molecular flexibility index (Phi) is 1.82. The maximum Gasteiger partial charge on any atom is 0.232 e. The first-order valence-corrected chi connectivity index (χ1v) is 3.41. The fourth-order valence-corrected chi connectivity index (χ4v) is 0.763. The monoisotopic (exact) mass is 164 g/mol. The van der Waals surface area contributed by atoms with Crippen molar-refractivity contribution in [2.45, 2.75) is 6.61 Å². The summed E-state index contributed by atoms with van der Waals surface area (Å²) in [6.45, 7) is 0.295. The zero-order valence-electron chi connectivity index (χ0n) is 6.19. The van der Waals surface area contributed by atoms with E-state index in [4.69, 9.17) is 9.15 Å². The highest BCUT2D eigenvalue weighted by atomic mass is 16.5. The van der Waals surface area contributed by atoms with Crippen LogP contribution in [0, 0.1) is 6.26 Å². The lowest BCUT2D eigenvalue weighted by molar-refractivity contribution is 0.259. The van der Waals surface area contributed by atoms with Crippen LogP contribution in [0.5, 0.6) is 5.75 Å². The molecule has 0 atom stereocenters. The predicted molar refractivity (Wildman–Crippen MR) is 38.4 cm³/mol. The average molecular weight is 164 g/mol. The summed E-state index contributed by atoms with van der Waals surface area (Å²) in [6, 6.07) is 1.67. The van der Waals surface area contributed by atoms with Crippen LogP contribution in [0.1, 0.15) is 5.89 Å². The number of aromatic nitrogens is 1. The lowest BCUT2D eigenvalue weighted by Gasteiger charge is -1.96. The molecular formula is C8H6NO3. The molecule has 2 rings (SSSR count). The summed E-state index contributed by atoms with van der Waals surface area (Å²) in [5.74, 6) is 1.08. The molecule has 0 saturated heterocycles. The first-order chi connectivity index (χ1) is 5.95. The van der Waals surface area contributed by atoms with Crippen LogP contribution in [0.15, 0.2) is 33.6 Å². The number of ether oxygens (including phenoxy) is 1. The second-order valence-corrected chi connectivity index (χ2v) is 2.10. The van der Waals surface area contributed by atoms with Gasteiger partial charge in [-0.3, -0.25) is 0 Å². The smallest absolute Gasteiger partial charge is 0.232 e. The maximum atomic E-state index is 5.18. The molecule has 4 nitrogen and oxygen atoms in total. The Hall–Kier alpha value is -1.71. The van der Waals surface area contributed by atoms with Gasteiger partial charge in [0, 0.05) is 6.07 Å². The molecule has 12 heavy (non-hydrogen) atoms. The van der Waals surface area contributed by atoms with Crippen molar-refractivity contribution in [1.82, 2.24) is 4.98 Å². The Morgan fingerprint density at radius 1 is 1.50 bits per heavy atom. The highest BCUT2D eigenvalue weighted by Gasteiger charge is 1.99. The van der Waals surface area contributed by atoms with Gasteiger partial charge in [0.25, 0.3) is 0 Å². The van der Waals surface area contributed by atoms with Crippen molar-refractivity contribution < 1.29 is 13.6 Å². The summed E-state index contributed by atoms with van der Waals surface area (Å²) in [6.07, 6.45) is 7.09. The van der Waals surface area contributed by atoms with Crippen molar-refractivity contribution in [3.8, 4) is 5.75 Å². The summed E-state index contributed by atoms with van der Waals surface area (Å²) in [5, 5.41) is 0. The Balaban J connectivity index is 1.91. The average Bonchev–Trinajstić information content (AvgIpc) is 2.74. The summed E-state index contributed by atoms with van der Waals surface area (Å²) >= 11 is 0. The minimum absolute atomic E-state index is 0.295. The van der Waals surface area contributed by atoms with E-state index in [1.54, 1.807) is 12.3 Å². The van der Waals surface area contributed by atoms with Gasteiger partial charge in [0.05, 0.1) is 12.5 Å². The first kappa shape index (κ1) is 6.97. The number of rotatable bonds is 3. The normalized spacial score (nSPS) is 10.0. The molecule has 0 aliphatic heterocycles. The van der Waals surface area contributed by atoms with Crippen molar-refractivity contribution in [2.75, 3.05) is 0 Å². The molecule has 2 aromatic heterocycles. The van der Waals surface area contributed by atoms with Gasteiger partial charge in [0.1, 0.15) is 6.26 Å². The van der Waals surface area contributed by atoms with Gasteiger partial charge < -0.3 is 13.6 Å². The van der Waals surface area contributed by atoms with E-state index in [-0.39, 0.29) is 0 Å². The van der Waals surface area contributed by atoms with Gasteiger partial charge in [0.2, 0.25) is 12.2 Å². The van der Waals surface area contributed by atoms with Crippen molar-refractivity contribution in [1.29, 1.82) is 0 Å². The van der Waals surface area contributed by atoms with Crippen molar-refractivity contribution in [3.63, 3.8) is 0 Å². The highest BCUT2D eigenvalue weighted by Crippen LogP contribution is 2.10. The van der Waals surface area contributed by atoms with Crippen LogP contribution in [0.25, 0.3) is 0 Å². The third kappa shape index (κ3) is 1.47. The lowest BCUT2D eigenvalue weighted by Crippen LogP contribution is -1.93. The molecule has 0 spiro atoms. The minimum Gasteiger partial charge on any atom is -0.480 e. The highest BCUT2D eigenvalue weighted by molar-refractivity contribution is 5.11. The SMILES string of the molecule is [c]1occc1OCc1ncco1. The van der Waals surface area contributed by atoms with E-state index >= 15 is 0 Å². The van der Waals surface area contributed by atoms with Gasteiger partial charge in [-0.15, -0.1) is 0 Å². The van der Waals surface area contributed by atoms with Gasteiger partial charge >= 0.3 is 0 Å². The molecule has 0 aromatic carbocycles. The fraction of sp³-hybridized carbons (Fsp3) is 0.125. The largest absolute Gasteiger partial charge is 0.480 e. The number of oxazole rings is 1. The predicted octanol–water partition coefficient (Wildman–Crippen LogP) is 1.65. The third-order valence-electron chi connectivity index (χ3n) is 1.28. The van der Waals surface area contributed by atoms with Crippen LogP contribution in [-0.4, -0.2) is 4.98 Å². The third-order valence-corrected chi connectivity index (χ3v) is 1.28. The van der Waals surface area contributed by atoms with Crippen LogP contribution in [-0.2, 0) is 6.61 Å². The van der Waals surface area contributed by atoms with E-state index in [1.165, 1.54) is 12.5 Å². The van der Waals surface area contributed by atoms with E-state index in [0.29, 0.717) is 18.2 Å². The Morgan fingerprint density at radius 2 is 2.50 bits per heavy atom. The molecular weight excluding hydrogens is 158 g/mol. The van der Waals surface area contributed by atoms with Crippen LogP contribution >= 0.6 is 0 Å². The molecule has 0 unspecified atom stereocenters. The number of hydrogen-bond donors (Lipinski definition) is 0. The number of nitrogens with zero attached hydrogens (tertiary/aromatic N) is 1. The Morgan fingerprint density at radius 3 is 3.17 bits per heavy atom. The molecule has 0 amide bonds. The van der Waals surface area contributed by atoms with Crippen molar-refractivity contribution >= 4 is 0 Å². The number of hydrogen-bond acceptors (Lipinski definition) is 4. The quantitative estimate of drug-likeness (QED) is 0.691. The summed E-state index contributed by atoms with van der Waals surface area (Å²) in [7, 11) is 0. The summed E-state index contributed by atoms with van der Waals surface area (Å²) < 4.78 is 14.8. The van der Waals surface area contributed by atoms with Gasteiger partial charge in [0.15, 0.2) is 12.4 Å². The number of furan rings is 1. The molecule has 0 aliphatic carbocycles. The first-order valence-electron chi connectivity index (χ1n) is 3.41.